The number of carbonyl (C=O) groups is 2. The molecule has 1 saturated heterocycles. The molecule has 0 spiro atoms. The maximum atomic E-state index is 12.5. The van der Waals surface area contributed by atoms with Crippen LogP contribution in [0.3, 0.4) is 0 Å². The quantitative estimate of drug-likeness (QED) is 0.815. The van der Waals surface area contributed by atoms with Crippen molar-refractivity contribution in [1.29, 1.82) is 0 Å². The Balaban J connectivity index is 1.69. The van der Waals surface area contributed by atoms with Crippen molar-refractivity contribution >= 4 is 11.8 Å². The van der Waals surface area contributed by atoms with E-state index in [1.54, 1.807) is 0 Å². The molecular formula is C19H34N2O2. The molecule has 0 aromatic rings. The number of rotatable bonds is 6. The second-order valence-electron chi connectivity index (χ2n) is 7.79. The van der Waals surface area contributed by atoms with Crippen molar-refractivity contribution in [2.24, 2.45) is 17.8 Å². The molecule has 0 aromatic heterocycles. The lowest BCUT2D eigenvalue weighted by Crippen LogP contribution is -2.44. The summed E-state index contributed by atoms with van der Waals surface area (Å²) in [4.78, 5) is 26.2. The van der Waals surface area contributed by atoms with Crippen LogP contribution in [0.1, 0.15) is 71.6 Å². The molecular weight excluding hydrogens is 288 g/mol. The molecule has 1 aliphatic heterocycles. The summed E-state index contributed by atoms with van der Waals surface area (Å²) in [6.07, 6.45) is 10.7. The van der Waals surface area contributed by atoms with Crippen LogP contribution in [0.25, 0.3) is 0 Å². The van der Waals surface area contributed by atoms with Gasteiger partial charge in [0.05, 0.1) is 0 Å². The highest BCUT2D eigenvalue weighted by Crippen LogP contribution is 2.28. The predicted octanol–water partition coefficient (Wildman–Crippen LogP) is 3.36. The van der Waals surface area contributed by atoms with Crippen LogP contribution < -0.4 is 5.32 Å². The van der Waals surface area contributed by atoms with Gasteiger partial charge < -0.3 is 10.2 Å². The van der Waals surface area contributed by atoms with Crippen LogP contribution in [0.15, 0.2) is 0 Å². The number of hydrogen-bond donors (Lipinski definition) is 1. The second-order valence-corrected chi connectivity index (χ2v) is 7.79. The normalized spacial score (nSPS) is 23.1. The first-order chi connectivity index (χ1) is 11.1. The van der Waals surface area contributed by atoms with Gasteiger partial charge in [0.25, 0.3) is 0 Å². The Labute approximate surface area is 141 Å². The fourth-order valence-corrected chi connectivity index (χ4v) is 3.87. The molecule has 0 radical (unpaired) electrons. The zero-order valence-corrected chi connectivity index (χ0v) is 15.0. The first-order valence-corrected chi connectivity index (χ1v) is 9.61. The van der Waals surface area contributed by atoms with E-state index in [1.807, 2.05) is 18.7 Å². The minimum absolute atomic E-state index is 0.0341. The monoisotopic (exact) mass is 322 g/mol. The summed E-state index contributed by atoms with van der Waals surface area (Å²) in [6, 6.07) is 0. The summed E-state index contributed by atoms with van der Waals surface area (Å²) in [7, 11) is 0. The number of amides is 2. The number of carbonyl (C=O) groups excluding carboxylic acids is 2. The number of nitrogens with one attached hydrogen (secondary N) is 1. The third-order valence-electron chi connectivity index (χ3n) is 5.45. The lowest BCUT2D eigenvalue weighted by molar-refractivity contribution is -0.133. The molecule has 0 bridgehead atoms. The first-order valence-electron chi connectivity index (χ1n) is 9.61. The maximum absolute atomic E-state index is 12.5. The number of piperidine rings is 1. The summed E-state index contributed by atoms with van der Waals surface area (Å²) < 4.78 is 0. The van der Waals surface area contributed by atoms with Gasteiger partial charge in [0.1, 0.15) is 0 Å². The van der Waals surface area contributed by atoms with E-state index in [4.69, 9.17) is 0 Å². The Bertz CT molecular complexity index is 389. The highest BCUT2D eigenvalue weighted by molar-refractivity contribution is 5.78. The molecule has 2 amide bonds. The summed E-state index contributed by atoms with van der Waals surface area (Å²) in [5, 5.41) is 3.02. The van der Waals surface area contributed by atoms with E-state index in [9.17, 15) is 9.59 Å². The van der Waals surface area contributed by atoms with Crippen molar-refractivity contribution < 1.29 is 9.59 Å². The van der Waals surface area contributed by atoms with Crippen LogP contribution in [0.2, 0.25) is 0 Å². The Kier molecular flexibility index (Phi) is 7.38. The van der Waals surface area contributed by atoms with Crippen LogP contribution in [0, 0.1) is 17.8 Å². The number of hydrogen-bond acceptors (Lipinski definition) is 2. The Morgan fingerprint density at radius 2 is 1.74 bits per heavy atom. The van der Waals surface area contributed by atoms with Crippen LogP contribution >= 0.6 is 0 Å². The Morgan fingerprint density at radius 3 is 2.43 bits per heavy atom. The van der Waals surface area contributed by atoms with Gasteiger partial charge >= 0.3 is 0 Å². The molecule has 23 heavy (non-hydrogen) atoms. The van der Waals surface area contributed by atoms with Crippen molar-refractivity contribution in [1.82, 2.24) is 10.2 Å². The topological polar surface area (TPSA) is 49.4 Å². The number of nitrogens with zero attached hydrogens (tertiary/aromatic N) is 1. The van der Waals surface area contributed by atoms with Gasteiger partial charge in [-0.25, -0.2) is 0 Å². The fourth-order valence-electron chi connectivity index (χ4n) is 3.87. The van der Waals surface area contributed by atoms with E-state index in [0.717, 1.165) is 44.7 Å². The third-order valence-corrected chi connectivity index (χ3v) is 5.45. The summed E-state index contributed by atoms with van der Waals surface area (Å²) in [6.45, 7) is 6.26. The molecule has 1 unspecified atom stereocenters. The van der Waals surface area contributed by atoms with Crippen molar-refractivity contribution in [3.63, 3.8) is 0 Å². The van der Waals surface area contributed by atoms with Crippen molar-refractivity contribution in [2.45, 2.75) is 71.6 Å². The van der Waals surface area contributed by atoms with E-state index >= 15 is 0 Å². The lowest BCUT2D eigenvalue weighted by atomic mass is 9.86. The smallest absolute Gasteiger partial charge is 0.222 e. The van der Waals surface area contributed by atoms with Crippen LogP contribution in [0.4, 0.5) is 0 Å². The summed E-state index contributed by atoms with van der Waals surface area (Å²) >= 11 is 0. The minimum Gasteiger partial charge on any atom is -0.356 e. The van der Waals surface area contributed by atoms with Gasteiger partial charge in [0, 0.05) is 32.0 Å². The molecule has 0 aromatic carbocycles. The molecule has 2 rings (SSSR count). The van der Waals surface area contributed by atoms with Crippen molar-refractivity contribution in [3.05, 3.63) is 0 Å². The molecule has 2 fully saturated rings. The van der Waals surface area contributed by atoms with E-state index in [0.29, 0.717) is 18.4 Å². The van der Waals surface area contributed by atoms with Crippen LogP contribution in [-0.4, -0.2) is 36.3 Å². The van der Waals surface area contributed by atoms with Crippen molar-refractivity contribution in [2.75, 3.05) is 19.6 Å². The van der Waals surface area contributed by atoms with E-state index in [2.05, 4.69) is 5.32 Å². The maximum Gasteiger partial charge on any atom is 0.222 e. The molecule has 1 aliphatic carbocycles. The van der Waals surface area contributed by atoms with Gasteiger partial charge in [-0.05, 0) is 31.1 Å². The predicted molar refractivity (Wildman–Crippen MR) is 93.0 cm³/mol. The Hall–Kier alpha value is -1.06. The first kappa shape index (κ1) is 18.3. The highest BCUT2D eigenvalue weighted by atomic mass is 16.2. The average Bonchev–Trinajstić information content (AvgIpc) is 2.58. The van der Waals surface area contributed by atoms with E-state index < -0.39 is 0 Å². The summed E-state index contributed by atoms with van der Waals surface area (Å²) in [5.74, 6) is 1.68. The Morgan fingerprint density at radius 1 is 1.04 bits per heavy atom. The standard InChI is InChI=1S/C19H34N2O2/c1-15(2)19(23)20-13-17-9-6-12-21(14-17)18(22)11-10-16-7-4-3-5-8-16/h15-17H,3-14H2,1-2H3,(H,20,23). The summed E-state index contributed by atoms with van der Waals surface area (Å²) in [5.41, 5.74) is 0. The van der Waals surface area contributed by atoms with E-state index in [1.165, 1.54) is 32.1 Å². The largest absolute Gasteiger partial charge is 0.356 e. The van der Waals surface area contributed by atoms with E-state index in [-0.39, 0.29) is 11.8 Å². The van der Waals surface area contributed by atoms with Crippen LogP contribution in [-0.2, 0) is 9.59 Å². The van der Waals surface area contributed by atoms with Crippen molar-refractivity contribution in [3.8, 4) is 0 Å². The number of likely N-dealkylation sites (tertiary alicyclic amines) is 1. The van der Waals surface area contributed by atoms with Gasteiger partial charge in [-0.3, -0.25) is 9.59 Å². The third kappa shape index (κ3) is 6.15. The zero-order chi connectivity index (χ0) is 16.7. The average molecular weight is 322 g/mol. The second kappa shape index (κ2) is 9.29. The fraction of sp³-hybridized carbons (Fsp3) is 0.895. The van der Waals surface area contributed by atoms with Gasteiger partial charge in [-0.2, -0.15) is 0 Å². The van der Waals surface area contributed by atoms with Gasteiger partial charge in [0.2, 0.25) is 11.8 Å². The highest BCUT2D eigenvalue weighted by Gasteiger charge is 2.25. The lowest BCUT2D eigenvalue weighted by Gasteiger charge is -2.33. The molecule has 2 aliphatic rings. The SMILES string of the molecule is CC(C)C(=O)NCC1CCCN(C(=O)CCC2CCCCC2)C1. The minimum atomic E-state index is 0.0341. The molecule has 1 heterocycles. The molecule has 1 saturated carbocycles. The molecule has 1 N–H and O–H groups in total. The zero-order valence-electron chi connectivity index (χ0n) is 15.0. The molecule has 1 atom stereocenters. The molecule has 132 valence electrons. The van der Waals surface area contributed by atoms with Crippen LogP contribution in [0.5, 0.6) is 0 Å². The molecule has 4 nitrogen and oxygen atoms in total. The van der Waals surface area contributed by atoms with Gasteiger partial charge in [-0.1, -0.05) is 46.0 Å². The van der Waals surface area contributed by atoms with Gasteiger partial charge in [0.15, 0.2) is 0 Å². The molecule has 4 heteroatoms. The van der Waals surface area contributed by atoms with Gasteiger partial charge in [-0.15, -0.1) is 0 Å².